The van der Waals surface area contributed by atoms with Gasteiger partial charge in [-0.15, -0.1) is 0 Å². The number of rotatable bonds is 3. The Labute approximate surface area is 80.9 Å². The van der Waals surface area contributed by atoms with E-state index in [1.807, 2.05) is 0 Å². The predicted octanol–water partition coefficient (Wildman–Crippen LogP) is 0.729. The van der Waals surface area contributed by atoms with Crippen LogP contribution in [0, 0.1) is 0 Å². The number of nitrogens with one attached hydrogen (secondary N) is 2. The van der Waals surface area contributed by atoms with E-state index in [0.29, 0.717) is 0 Å². The molecule has 0 bridgehead atoms. The lowest BCUT2D eigenvalue weighted by molar-refractivity contribution is 0.262. The molecular weight excluding hydrogens is 162 g/mol. The van der Waals surface area contributed by atoms with E-state index in [4.69, 9.17) is 0 Å². The highest BCUT2D eigenvalue weighted by Gasteiger charge is 2.15. The van der Waals surface area contributed by atoms with Gasteiger partial charge in [0.25, 0.3) is 0 Å². The number of nitrogens with zero attached hydrogens (tertiary/aromatic N) is 1. The highest BCUT2D eigenvalue weighted by atomic mass is 15.3. The van der Waals surface area contributed by atoms with E-state index < -0.39 is 0 Å². The Bertz CT molecular complexity index is 137. The maximum Gasteiger partial charge on any atom is 0.0495 e. The van der Waals surface area contributed by atoms with Crippen LogP contribution >= 0.6 is 0 Å². The Hall–Kier alpha value is -0.120. The van der Waals surface area contributed by atoms with Gasteiger partial charge < -0.3 is 10.6 Å². The average Bonchev–Trinajstić information content (AvgIpc) is 2.69. The smallest absolute Gasteiger partial charge is 0.0495 e. The van der Waals surface area contributed by atoms with Gasteiger partial charge in [0.2, 0.25) is 0 Å². The topological polar surface area (TPSA) is 27.3 Å². The lowest BCUT2D eigenvalue weighted by Crippen LogP contribution is -2.40. The lowest BCUT2D eigenvalue weighted by atomic mass is 9.96. The second-order valence-corrected chi connectivity index (χ2v) is 4.25. The molecule has 2 N–H and O–H groups in total. The van der Waals surface area contributed by atoms with E-state index in [0.717, 1.165) is 25.9 Å². The van der Waals surface area contributed by atoms with Crippen molar-refractivity contribution in [1.29, 1.82) is 0 Å². The van der Waals surface area contributed by atoms with Crippen molar-refractivity contribution in [2.75, 3.05) is 26.4 Å². The Morgan fingerprint density at radius 1 is 1.23 bits per heavy atom. The minimum atomic E-state index is 0.800. The molecule has 1 saturated carbocycles. The molecule has 1 saturated heterocycles. The zero-order chi connectivity index (χ0) is 8.93. The minimum absolute atomic E-state index is 0.800. The van der Waals surface area contributed by atoms with Crippen LogP contribution in [-0.4, -0.2) is 37.4 Å². The molecule has 1 heterocycles. The molecule has 0 aromatic heterocycles. The molecule has 0 radical (unpaired) electrons. The van der Waals surface area contributed by atoms with Gasteiger partial charge in [0.05, 0.1) is 0 Å². The Kier molecular flexibility index (Phi) is 3.58. The van der Waals surface area contributed by atoms with Gasteiger partial charge >= 0.3 is 0 Å². The predicted molar refractivity (Wildman–Crippen MR) is 54.5 cm³/mol. The van der Waals surface area contributed by atoms with Gasteiger partial charge in [-0.3, -0.25) is 4.90 Å². The first-order valence-corrected chi connectivity index (χ1v) is 5.61. The van der Waals surface area contributed by atoms with Crippen molar-refractivity contribution in [1.82, 2.24) is 15.5 Å². The summed E-state index contributed by atoms with van der Waals surface area (Å²) in [4.78, 5) is 2.44. The molecule has 2 rings (SSSR count). The Balaban J connectivity index is 1.60. The zero-order valence-electron chi connectivity index (χ0n) is 8.39. The molecule has 0 amide bonds. The van der Waals surface area contributed by atoms with E-state index in [1.165, 1.54) is 38.6 Å². The molecule has 0 unspecified atom stereocenters. The summed E-state index contributed by atoms with van der Waals surface area (Å²) in [5.41, 5.74) is 0. The minimum Gasteiger partial charge on any atom is -0.303 e. The number of hydrogen-bond donors (Lipinski definition) is 2. The highest BCUT2D eigenvalue weighted by Crippen LogP contribution is 2.17. The second-order valence-electron chi connectivity index (χ2n) is 4.25. The van der Waals surface area contributed by atoms with E-state index in [1.54, 1.807) is 0 Å². The summed E-state index contributed by atoms with van der Waals surface area (Å²) in [7, 11) is 0. The van der Waals surface area contributed by atoms with Gasteiger partial charge in [-0.05, 0) is 12.8 Å². The fourth-order valence-corrected chi connectivity index (χ4v) is 2.25. The van der Waals surface area contributed by atoms with Crippen LogP contribution in [0.5, 0.6) is 0 Å². The van der Waals surface area contributed by atoms with Crippen molar-refractivity contribution in [2.45, 2.75) is 38.1 Å². The van der Waals surface area contributed by atoms with Crippen LogP contribution in [0.2, 0.25) is 0 Å². The summed E-state index contributed by atoms with van der Waals surface area (Å²) < 4.78 is 0. The standard InChI is InChI=1S/C10H21N3/c1-2-4-10(5-3-1)12-9-13-7-6-11-8-13/h10-12H,1-9H2. The summed E-state index contributed by atoms with van der Waals surface area (Å²) in [6, 6.07) is 0.800. The summed E-state index contributed by atoms with van der Waals surface area (Å²) in [6.07, 6.45) is 7.08. The van der Waals surface area contributed by atoms with Crippen LogP contribution in [-0.2, 0) is 0 Å². The quantitative estimate of drug-likeness (QED) is 0.675. The first-order valence-electron chi connectivity index (χ1n) is 5.61. The molecule has 0 atom stereocenters. The number of hydrogen-bond acceptors (Lipinski definition) is 3. The maximum atomic E-state index is 3.65. The third-order valence-electron chi connectivity index (χ3n) is 3.15. The Morgan fingerprint density at radius 2 is 2.08 bits per heavy atom. The van der Waals surface area contributed by atoms with Crippen LogP contribution in [0.1, 0.15) is 32.1 Å². The van der Waals surface area contributed by atoms with Gasteiger partial charge in [-0.25, -0.2) is 0 Å². The molecule has 0 aromatic carbocycles. The highest BCUT2D eigenvalue weighted by molar-refractivity contribution is 4.73. The molecular formula is C10H21N3. The third-order valence-corrected chi connectivity index (χ3v) is 3.15. The molecule has 76 valence electrons. The van der Waals surface area contributed by atoms with Gasteiger partial charge in [0.15, 0.2) is 0 Å². The third kappa shape index (κ3) is 2.93. The molecule has 2 aliphatic rings. The van der Waals surface area contributed by atoms with Crippen LogP contribution in [0.15, 0.2) is 0 Å². The molecule has 0 aromatic rings. The maximum absolute atomic E-state index is 3.65. The fourth-order valence-electron chi connectivity index (χ4n) is 2.25. The van der Waals surface area contributed by atoms with Crippen molar-refractivity contribution < 1.29 is 0 Å². The SMILES string of the molecule is C1CCC(NCN2CCNC2)CC1. The van der Waals surface area contributed by atoms with Crippen LogP contribution in [0.25, 0.3) is 0 Å². The van der Waals surface area contributed by atoms with Crippen molar-refractivity contribution in [3.63, 3.8) is 0 Å². The normalized spacial score (nSPS) is 26.8. The Morgan fingerprint density at radius 3 is 2.77 bits per heavy atom. The fraction of sp³-hybridized carbons (Fsp3) is 1.00. The van der Waals surface area contributed by atoms with Crippen LogP contribution in [0.3, 0.4) is 0 Å². The van der Waals surface area contributed by atoms with Gasteiger partial charge in [-0.2, -0.15) is 0 Å². The van der Waals surface area contributed by atoms with Crippen LogP contribution in [0.4, 0.5) is 0 Å². The largest absolute Gasteiger partial charge is 0.303 e. The first-order chi connectivity index (χ1) is 6.45. The average molecular weight is 183 g/mol. The van der Waals surface area contributed by atoms with Crippen molar-refractivity contribution in [3.05, 3.63) is 0 Å². The molecule has 1 aliphatic carbocycles. The molecule has 1 aliphatic heterocycles. The zero-order valence-corrected chi connectivity index (χ0v) is 8.39. The van der Waals surface area contributed by atoms with Crippen molar-refractivity contribution in [2.24, 2.45) is 0 Å². The molecule has 3 heteroatoms. The summed E-state index contributed by atoms with van der Waals surface area (Å²) in [5, 5.41) is 7.00. The summed E-state index contributed by atoms with van der Waals surface area (Å²) in [6.45, 7) is 4.52. The summed E-state index contributed by atoms with van der Waals surface area (Å²) in [5.74, 6) is 0. The molecule has 13 heavy (non-hydrogen) atoms. The molecule has 2 fully saturated rings. The van der Waals surface area contributed by atoms with E-state index in [9.17, 15) is 0 Å². The van der Waals surface area contributed by atoms with E-state index in [2.05, 4.69) is 15.5 Å². The van der Waals surface area contributed by atoms with Gasteiger partial charge in [0.1, 0.15) is 0 Å². The second kappa shape index (κ2) is 4.94. The van der Waals surface area contributed by atoms with Crippen molar-refractivity contribution >= 4 is 0 Å². The molecule has 3 nitrogen and oxygen atoms in total. The monoisotopic (exact) mass is 183 g/mol. The first kappa shape index (κ1) is 9.44. The molecule has 0 spiro atoms. The van der Waals surface area contributed by atoms with E-state index >= 15 is 0 Å². The van der Waals surface area contributed by atoms with Crippen molar-refractivity contribution in [3.8, 4) is 0 Å². The van der Waals surface area contributed by atoms with Gasteiger partial charge in [-0.1, -0.05) is 19.3 Å². The van der Waals surface area contributed by atoms with Gasteiger partial charge in [0, 0.05) is 32.5 Å². The lowest BCUT2D eigenvalue weighted by Gasteiger charge is -2.25. The van der Waals surface area contributed by atoms with Crippen LogP contribution < -0.4 is 10.6 Å². The summed E-state index contributed by atoms with van der Waals surface area (Å²) >= 11 is 0. The van der Waals surface area contributed by atoms with E-state index in [-0.39, 0.29) is 0 Å².